The summed E-state index contributed by atoms with van der Waals surface area (Å²) in [6.45, 7) is 0. The predicted molar refractivity (Wildman–Crippen MR) is 43.7 cm³/mol. The lowest BCUT2D eigenvalue weighted by molar-refractivity contribution is 0.414. The zero-order chi connectivity index (χ0) is 8.27. The van der Waals surface area contributed by atoms with Crippen LogP contribution in [0.1, 0.15) is 5.69 Å². The molecule has 1 heterocycles. The number of hydrogen-bond donors (Lipinski definition) is 0. The minimum Gasteiger partial charge on any atom is -0.495 e. The molecule has 0 N–H and O–H groups in total. The lowest BCUT2D eigenvalue weighted by Crippen LogP contribution is -1.87. The Labute approximate surface area is 70.2 Å². The number of aromatic nitrogens is 1. The average molecular weight is 168 g/mol. The first kappa shape index (κ1) is 7.90. The molecule has 0 aliphatic heterocycles. The number of rotatable bonds is 1. The molecule has 1 rings (SSSR count). The molecule has 0 saturated heterocycles. The van der Waals surface area contributed by atoms with Crippen molar-refractivity contribution in [2.75, 3.05) is 7.11 Å². The van der Waals surface area contributed by atoms with Gasteiger partial charge in [-0.3, -0.25) is 0 Å². The minimum atomic E-state index is 0.464. The second-order valence-electron chi connectivity index (χ2n) is 1.85. The summed E-state index contributed by atoms with van der Waals surface area (Å²) in [5.74, 6) is 2.93. The van der Waals surface area contributed by atoms with Crippen LogP contribution in [0.15, 0.2) is 12.3 Å². The predicted octanol–water partition coefficient (Wildman–Crippen LogP) is 1.72. The molecule has 0 amide bonds. The van der Waals surface area contributed by atoms with Crippen LogP contribution in [0, 0.1) is 12.3 Å². The third-order valence-electron chi connectivity index (χ3n) is 1.19. The van der Waals surface area contributed by atoms with E-state index in [0.717, 1.165) is 0 Å². The fourth-order valence-corrected chi connectivity index (χ4v) is 0.836. The second-order valence-corrected chi connectivity index (χ2v) is 2.26. The van der Waals surface area contributed by atoms with Gasteiger partial charge in [-0.2, -0.15) is 0 Å². The Hall–Kier alpha value is -1.20. The van der Waals surface area contributed by atoms with E-state index in [9.17, 15) is 0 Å². The Morgan fingerprint density at radius 2 is 2.45 bits per heavy atom. The quantitative estimate of drug-likeness (QED) is 0.595. The number of pyridine rings is 1. The van der Waals surface area contributed by atoms with Crippen molar-refractivity contribution in [2.45, 2.75) is 0 Å². The number of hydrogen-bond acceptors (Lipinski definition) is 2. The molecule has 1 aromatic rings. The van der Waals surface area contributed by atoms with Crippen LogP contribution < -0.4 is 4.74 Å². The molecule has 0 radical (unpaired) electrons. The van der Waals surface area contributed by atoms with Gasteiger partial charge >= 0.3 is 0 Å². The third kappa shape index (κ3) is 1.63. The number of methoxy groups -OCH3 is 1. The molecule has 3 heteroatoms. The van der Waals surface area contributed by atoms with Gasteiger partial charge in [-0.25, -0.2) is 4.98 Å². The van der Waals surface area contributed by atoms with E-state index in [1.54, 1.807) is 6.07 Å². The molecule has 0 saturated carbocycles. The highest BCUT2D eigenvalue weighted by Gasteiger charge is 2.00. The summed E-state index contributed by atoms with van der Waals surface area (Å²) in [4.78, 5) is 3.86. The molecule has 0 unspecified atom stereocenters. The number of terminal acetylenes is 1. The molecule has 0 spiro atoms. The van der Waals surface area contributed by atoms with Crippen molar-refractivity contribution in [1.29, 1.82) is 0 Å². The largest absolute Gasteiger partial charge is 0.495 e. The first-order valence-corrected chi connectivity index (χ1v) is 3.32. The fourth-order valence-electron chi connectivity index (χ4n) is 0.656. The van der Waals surface area contributed by atoms with Crippen molar-refractivity contribution in [2.24, 2.45) is 0 Å². The fraction of sp³-hybridized carbons (Fsp3) is 0.125. The second kappa shape index (κ2) is 3.27. The molecule has 0 fully saturated rings. The van der Waals surface area contributed by atoms with Crippen LogP contribution in [0.25, 0.3) is 0 Å². The van der Waals surface area contributed by atoms with Gasteiger partial charge < -0.3 is 4.74 Å². The van der Waals surface area contributed by atoms with Crippen LogP contribution >= 0.6 is 11.6 Å². The molecular formula is C8H6ClNO. The molecule has 2 nitrogen and oxygen atoms in total. The van der Waals surface area contributed by atoms with E-state index in [1.165, 1.54) is 13.3 Å². The Morgan fingerprint density at radius 1 is 1.73 bits per heavy atom. The van der Waals surface area contributed by atoms with Crippen molar-refractivity contribution in [3.63, 3.8) is 0 Å². The maximum Gasteiger partial charge on any atom is 0.141 e. The van der Waals surface area contributed by atoms with Crippen LogP contribution in [0.4, 0.5) is 0 Å². The molecule has 0 aliphatic rings. The van der Waals surface area contributed by atoms with Gasteiger partial charge in [0.25, 0.3) is 0 Å². The summed E-state index contributed by atoms with van der Waals surface area (Å²) in [6, 6.07) is 1.61. The SMILES string of the molecule is C#Cc1cc(OC)c(Cl)cn1. The highest BCUT2D eigenvalue weighted by Crippen LogP contribution is 2.22. The summed E-state index contributed by atoms with van der Waals surface area (Å²) >= 11 is 5.70. The van der Waals surface area contributed by atoms with Gasteiger partial charge in [-0.15, -0.1) is 6.42 Å². The van der Waals surface area contributed by atoms with E-state index < -0.39 is 0 Å². The van der Waals surface area contributed by atoms with Crippen molar-refractivity contribution in [3.8, 4) is 18.1 Å². The topological polar surface area (TPSA) is 22.1 Å². The summed E-state index contributed by atoms with van der Waals surface area (Å²) < 4.78 is 4.92. The number of ether oxygens (including phenoxy) is 1. The van der Waals surface area contributed by atoms with E-state index >= 15 is 0 Å². The summed E-state index contributed by atoms with van der Waals surface area (Å²) in [5.41, 5.74) is 0.520. The van der Waals surface area contributed by atoms with Crippen molar-refractivity contribution >= 4 is 11.6 Å². The Kier molecular flexibility index (Phi) is 2.35. The van der Waals surface area contributed by atoms with Crippen LogP contribution in [0.2, 0.25) is 5.02 Å². The minimum absolute atomic E-state index is 0.464. The van der Waals surface area contributed by atoms with Gasteiger partial charge in [0.05, 0.1) is 13.3 Å². The third-order valence-corrected chi connectivity index (χ3v) is 1.47. The lowest BCUT2D eigenvalue weighted by atomic mass is 10.3. The average Bonchev–Trinajstić information content (AvgIpc) is 2.05. The summed E-state index contributed by atoms with van der Waals surface area (Å²) in [5, 5.41) is 0.464. The first-order chi connectivity index (χ1) is 5.27. The molecule has 56 valence electrons. The zero-order valence-corrected chi connectivity index (χ0v) is 6.72. The number of halogens is 1. The van der Waals surface area contributed by atoms with E-state index in [1.807, 2.05) is 0 Å². The number of nitrogens with zero attached hydrogens (tertiary/aromatic N) is 1. The van der Waals surface area contributed by atoms with E-state index in [0.29, 0.717) is 16.5 Å². The highest BCUT2D eigenvalue weighted by molar-refractivity contribution is 6.31. The maximum atomic E-state index is 5.70. The summed E-state index contributed by atoms with van der Waals surface area (Å²) in [7, 11) is 1.53. The molecule has 11 heavy (non-hydrogen) atoms. The van der Waals surface area contributed by atoms with Crippen LogP contribution in [0.5, 0.6) is 5.75 Å². The van der Waals surface area contributed by atoms with Gasteiger partial charge in [0.2, 0.25) is 0 Å². The zero-order valence-electron chi connectivity index (χ0n) is 5.97. The van der Waals surface area contributed by atoms with Crippen LogP contribution in [-0.2, 0) is 0 Å². The van der Waals surface area contributed by atoms with Gasteiger partial charge in [-0.1, -0.05) is 17.5 Å². The Balaban J connectivity index is 3.15. The van der Waals surface area contributed by atoms with Crippen molar-refractivity contribution < 1.29 is 4.74 Å². The maximum absolute atomic E-state index is 5.70. The van der Waals surface area contributed by atoms with Gasteiger partial charge in [0.15, 0.2) is 0 Å². The van der Waals surface area contributed by atoms with Gasteiger partial charge in [-0.05, 0) is 0 Å². The van der Waals surface area contributed by atoms with E-state index in [-0.39, 0.29) is 0 Å². The molecule has 0 aliphatic carbocycles. The monoisotopic (exact) mass is 167 g/mol. The molecule has 0 aromatic carbocycles. The lowest BCUT2D eigenvalue weighted by Gasteiger charge is -2.00. The smallest absolute Gasteiger partial charge is 0.141 e. The van der Waals surface area contributed by atoms with E-state index in [4.69, 9.17) is 22.8 Å². The summed E-state index contributed by atoms with van der Waals surface area (Å²) in [6.07, 6.45) is 6.58. The standard InChI is InChI=1S/C8H6ClNO/c1-3-6-4-8(11-2)7(9)5-10-6/h1,4-5H,2H3. The van der Waals surface area contributed by atoms with Crippen molar-refractivity contribution in [3.05, 3.63) is 23.0 Å². The normalized spacial score (nSPS) is 8.82. The van der Waals surface area contributed by atoms with Gasteiger partial charge in [0.1, 0.15) is 16.5 Å². The van der Waals surface area contributed by atoms with E-state index in [2.05, 4.69) is 10.9 Å². The molecule has 0 bridgehead atoms. The Morgan fingerprint density at radius 3 is 3.00 bits per heavy atom. The molecular weight excluding hydrogens is 162 g/mol. The van der Waals surface area contributed by atoms with Crippen LogP contribution in [0.3, 0.4) is 0 Å². The van der Waals surface area contributed by atoms with Crippen molar-refractivity contribution in [1.82, 2.24) is 4.98 Å². The Bertz CT molecular complexity index is 303. The van der Waals surface area contributed by atoms with Crippen LogP contribution in [-0.4, -0.2) is 12.1 Å². The first-order valence-electron chi connectivity index (χ1n) is 2.94. The molecule has 1 aromatic heterocycles. The highest BCUT2D eigenvalue weighted by atomic mass is 35.5. The van der Waals surface area contributed by atoms with Gasteiger partial charge in [0, 0.05) is 6.07 Å². The molecule has 0 atom stereocenters.